The Morgan fingerprint density at radius 1 is 1.20 bits per heavy atom. The minimum absolute atomic E-state index is 0.101. The Balaban J connectivity index is 1.47. The number of carbonyl (C=O) groups is 2. The van der Waals surface area contributed by atoms with Crippen molar-refractivity contribution in [2.24, 2.45) is 5.73 Å². The predicted octanol–water partition coefficient (Wildman–Crippen LogP) is 2.96. The average molecular weight is 549 g/mol. The second-order valence-electron chi connectivity index (χ2n) is 10.9. The van der Waals surface area contributed by atoms with E-state index < -0.39 is 11.6 Å². The van der Waals surface area contributed by atoms with Gasteiger partial charge in [0.25, 0.3) is 5.56 Å². The maximum atomic E-state index is 13.5. The van der Waals surface area contributed by atoms with Crippen molar-refractivity contribution in [3.8, 4) is 17.1 Å². The van der Waals surface area contributed by atoms with E-state index in [1.807, 2.05) is 26.2 Å². The zero-order valence-electron chi connectivity index (χ0n) is 23.3. The molecule has 2 aromatic heterocycles. The van der Waals surface area contributed by atoms with Crippen molar-refractivity contribution in [2.45, 2.75) is 70.7 Å². The van der Waals surface area contributed by atoms with Gasteiger partial charge in [-0.05, 0) is 57.6 Å². The second kappa shape index (κ2) is 11.0. The number of pyridine rings is 2. The molecule has 0 radical (unpaired) electrons. The predicted molar refractivity (Wildman–Crippen MR) is 150 cm³/mol. The van der Waals surface area contributed by atoms with Gasteiger partial charge in [0.05, 0.1) is 35.6 Å². The van der Waals surface area contributed by atoms with Gasteiger partial charge in [-0.2, -0.15) is 0 Å². The highest BCUT2D eigenvalue weighted by Gasteiger charge is 2.45. The molecule has 0 bridgehead atoms. The monoisotopic (exact) mass is 548 g/mol. The highest BCUT2D eigenvalue weighted by Crippen LogP contribution is 2.40. The van der Waals surface area contributed by atoms with Crippen LogP contribution in [0.1, 0.15) is 67.7 Å². The lowest BCUT2D eigenvalue weighted by Crippen LogP contribution is -2.44. The average Bonchev–Trinajstić information content (AvgIpc) is 3.28. The van der Waals surface area contributed by atoms with Crippen molar-refractivity contribution in [2.75, 3.05) is 20.7 Å². The van der Waals surface area contributed by atoms with Crippen molar-refractivity contribution < 1.29 is 24.2 Å². The minimum atomic E-state index is -1.85. The Bertz CT molecular complexity index is 1550. The van der Waals surface area contributed by atoms with Crippen LogP contribution in [0.3, 0.4) is 0 Å². The summed E-state index contributed by atoms with van der Waals surface area (Å²) in [4.78, 5) is 43.9. The van der Waals surface area contributed by atoms with Crippen molar-refractivity contribution >= 4 is 22.8 Å². The van der Waals surface area contributed by atoms with Crippen molar-refractivity contribution in [3.05, 3.63) is 56.9 Å². The summed E-state index contributed by atoms with van der Waals surface area (Å²) in [5.74, 6) is -0.199. The first kappa shape index (κ1) is 27.8. The number of benzene rings is 1. The van der Waals surface area contributed by atoms with Crippen molar-refractivity contribution in [1.82, 2.24) is 14.5 Å². The molecule has 1 aromatic carbocycles. The molecule has 0 fully saturated rings. The summed E-state index contributed by atoms with van der Waals surface area (Å²) in [5, 5.41) is 12.1. The third-order valence-electron chi connectivity index (χ3n) is 7.81. The van der Waals surface area contributed by atoms with Gasteiger partial charge < -0.3 is 29.8 Å². The van der Waals surface area contributed by atoms with Gasteiger partial charge in [0.1, 0.15) is 12.4 Å². The largest absolute Gasteiger partial charge is 0.493 e. The molecule has 10 heteroatoms. The van der Waals surface area contributed by atoms with Gasteiger partial charge in [-0.1, -0.05) is 19.8 Å². The molecule has 0 saturated carbocycles. The highest BCUT2D eigenvalue weighted by atomic mass is 16.6. The molecule has 0 saturated heterocycles. The first-order chi connectivity index (χ1) is 19.1. The second-order valence-corrected chi connectivity index (χ2v) is 10.9. The SMILES string of the molecule is CC[C@@]1(O)C(=O)OCc2c1cc1n(c2=O)Cc2cc3c(CN(C)C)c(OCCCCCCC(N)=O)ccc3nc2-1. The summed E-state index contributed by atoms with van der Waals surface area (Å²) in [7, 11) is 4.00. The summed E-state index contributed by atoms with van der Waals surface area (Å²) < 4.78 is 13.0. The van der Waals surface area contributed by atoms with Crippen LogP contribution in [-0.4, -0.2) is 52.1 Å². The number of carbonyl (C=O) groups excluding carboxylic acids is 2. The zero-order chi connectivity index (χ0) is 28.6. The van der Waals surface area contributed by atoms with Gasteiger partial charge >= 0.3 is 5.97 Å². The Labute approximate surface area is 232 Å². The number of fused-ring (bicyclic) bond motifs is 5. The van der Waals surface area contributed by atoms with Gasteiger partial charge in [-0.15, -0.1) is 0 Å². The number of aliphatic hydroxyl groups is 1. The number of aromatic nitrogens is 2. The topological polar surface area (TPSA) is 137 Å². The number of hydrogen-bond donors (Lipinski definition) is 2. The lowest BCUT2D eigenvalue weighted by Gasteiger charge is -2.31. The van der Waals surface area contributed by atoms with E-state index in [9.17, 15) is 19.5 Å². The minimum Gasteiger partial charge on any atom is -0.493 e. The van der Waals surface area contributed by atoms with E-state index in [-0.39, 0.29) is 24.5 Å². The number of esters is 1. The number of cyclic esters (lactones) is 1. The van der Waals surface area contributed by atoms with Gasteiger partial charge in [-0.3, -0.25) is 9.59 Å². The summed E-state index contributed by atoms with van der Waals surface area (Å²) >= 11 is 0. The summed E-state index contributed by atoms with van der Waals surface area (Å²) in [6, 6.07) is 7.67. The first-order valence-corrected chi connectivity index (χ1v) is 13.8. The molecular weight excluding hydrogens is 512 g/mol. The van der Waals surface area contributed by atoms with Crippen molar-refractivity contribution in [3.63, 3.8) is 0 Å². The summed E-state index contributed by atoms with van der Waals surface area (Å²) in [6.07, 6.45) is 4.08. The lowest BCUT2D eigenvalue weighted by atomic mass is 9.86. The Morgan fingerprint density at radius 2 is 1.98 bits per heavy atom. The van der Waals surface area contributed by atoms with E-state index in [1.165, 1.54) is 0 Å². The molecule has 0 unspecified atom stereocenters. The van der Waals surface area contributed by atoms with Crippen LogP contribution in [0, 0.1) is 0 Å². The Kier molecular flexibility index (Phi) is 7.65. The Morgan fingerprint density at radius 3 is 2.70 bits per heavy atom. The van der Waals surface area contributed by atoms with Crippen LogP contribution in [-0.2, 0) is 39.6 Å². The number of unbranched alkanes of at least 4 members (excludes halogenated alkanes) is 3. The molecular formula is C30H36N4O6. The molecule has 212 valence electrons. The van der Waals surface area contributed by atoms with Crippen LogP contribution in [0.15, 0.2) is 29.1 Å². The van der Waals surface area contributed by atoms with E-state index in [2.05, 4.69) is 11.0 Å². The fourth-order valence-electron chi connectivity index (χ4n) is 5.64. The molecule has 10 nitrogen and oxygen atoms in total. The van der Waals surface area contributed by atoms with Crippen LogP contribution in [0.5, 0.6) is 5.75 Å². The number of hydrogen-bond acceptors (Lipinski definition) is 8. The third kappa shape index (κ3) is 4.97. The van der Waals surface area contributed by atoms with Crippen LogP contribution < -0.4 is 16.0 Å². The molecule has 0 spiro atoms. The molecule has 1 amide bonds. The van der Waals surface area contributed by atoms with Gasteiger partial charge in [0.2, 0.25) is 5.91 Å². The smallest absolute Gasteiger partial charge is 0.343 e. The van der Waals surface area contributed by atoms with E-state index >= 15 is 0 Å². The molecule has 0 aliphatic carbocycles. The van der Waals surface area contributed by atoms with Crippen LogP contribution in [0.25, 0.3) is 22.3 Å². The molecule has 3 N–H and O–H groups in total. The van der Waals surface area contributed by atoms with Gasteiger partial charge in [-0.25, -0.2) is 9.78 Å². The quantitative estimate of drug-likeness (QED) is 0.216. The fraction of sp³-hybridized carbons (Fsp3) is 0.467. The maximum absolute atomic E-state index is 13.5. The molecule has 5 rings (SSSR count). The first-order valence-electron chi connectivity index (χ1n) is 13.8. The molecule has 1 atom stereocenters. The molecule has 2 aliphatic rings. The van der Waals surface area contributed by atoms with E-state index in [0.29, 0.717) is 48.6 Å². The molecule has 2 aliphatic heterocycles. The number of nitrogens with zero attached hydrogens (tertiary/aromatic N) is 3. The number of ether oxygens (including phenoxy) is 2. The summed E-state index contributed by atoms with van der Waals surface area (Å²) in [5.41, 5.74) is 7.65. The fourth-order valence-corrected chi connectivity index (χ4v) is 5.64. The molecule has 40 heavy (non-hydrogen) atoms. The lowest BCUT2D eigenvalue weighted by molar-refractivity contribution is -0.172. The van der Waals surface area contributed by atoms with Gasteiger partial charge in [0.15, 0.2) is 5.60 Å². The molecule has 4 heterocycles. The zero-order valence-corrected chi connectivity index (χ0v) is 23.3. The van der Waals surface area contributed by atoms with E-state index in [1.54, 1.807) is 17.6 Å². The number of nitrogens with two attached hydrogens (primary N) is 1. The maximum Gasteiger partial charge on any atom is 0.343 e. The number of rotatable bonds is 11. The molecule has 3 aromatic rings. The number of amides is 1. The standard InChI is InChI=1S/C30H36N4O6/c1-4-30(38)22-14-24-27-18(15-34(24)28(36)21(22)17-40-29(30)37)13-19-20(16-33(2)3)25(11-10-23(19)32-27)39-12-8-6-5-7-9-26(31)35/h10-11,13-14,38H,4-9,12,15-17H2,1-3H3,(H2,31,35)/t30-/m0/s1. The van der Waals surface area contributed by atoms with Crippen LogP contribution >= 0.6 is 0 Å². The summed E-state index contributed by atoms with van der Waals surface area (Å²) in [6.45, 7) is 3.09. The normalized spacial score (nSPS) is 17.5. The van der Waals surface area contributed by atoms with Gasteiger partial charge in [0, 0.05) is 35.0 Å². The highest BCUT2D eigenvalue weighted by molar-refractivity contribution is 5.89. The van der Waals surface area contributed by atoms with Crippen LogP contribution in [0.4, 0.5) is 0 Å². The van der Waals surface area contributed by atoms with E-state index in [0.717, 1.165) is 53.5 Å². The van der Waals surface area contributed by atoms with Crippen LogP contribution in [0.2, 0.25) is 0 Å². The third-order valence-corrected chi connectivity index (χ3v) is 7.81. The van der Waals surface area contributed by atoms with Crippen molar-refractivity contribution in [1.29, 1.82) is 0 Å². The number of primary amides is 1. The van der Waals surface area contributed by atoms with E-state index in [4.69, 9.17) is 20.2 Å². The Hall–Kier alpha value is -3.76.